The van der Waals surface area contributed by atoms with Crippen LogP contribution in [0.5, 0.6) is 0 Å². The molecule has 1 aliphatic carbocycles. The van der Waals surface area contributed by atoms with Gasteiger partial charge in [0.1, 0.15) is 16.9 Å². The summed E-state index contributed by atoms with van der Waals surface area (Å²) in [4.78, 5) is 29.4. The van der Waals surface area contributed by atoms with Gasteiger partial charge in [0.15, 0.2) is 0 Å². The number of fused-ring (bicyclic) bond motifs is 2. The van der Waals surface area contributed by atoms with Crippen LogP contribution in [0.15, 0.2) is 78.5 Å². The van der Waals surface area contributed by atoms with Gasteiger partial charge in [-0.15, -0.1) is 5.10 Å². The molecule has 0 atom stereocenters. The van der Waals surface area contributed by atoms with Gasteiger partial charge in [-0.2, -0.15) is 0 Å². The Kier molecular flexibility index (Phi) is 5.22. The number of Topliss-reactive ketones (excluding diaryl/α,β-unsaturated/α-hetero) is 2. The number of nitrogens with one attached hydrogen (secondary N) is 1. The van der Waals surface area contributed by atoms with Crippen LogP contribution < -0.4 is 10.2 Å². The highest BCUT2D eigenvalue weighted by Gasteiger charge is 2.34. The number of allylic oxidation sites excluding steroid dienone is 2. The molecule has 0 spiro atoms. The second-order valence-electron chi connectivity index (χ2n) is 7.76. The van der Waals surface area contributed by atoms with Crippen molar-refractivity contribution in [3.05, 3.63) is 89.6 Å². The number of carbonyl (C=O) groups excluding carboxylic acids is 2. The van der Waals surface area contributed by atoms with Crippen molar-refractivity contribution in [1.82, 2.24) is 15.0 Å². The van der Waals surface area contributed by atoms with E-state index in [1.165, 1.54) is 4.68 Å². The summed E-state index contributed by atoms with van der Waals surface area (Å²) in [6, 6.07) is 22.1. The highest BCUT2D eigenvalue weighted by molar-refractivity contribution is 6.38. The van der Waals surface area contributed by atoms with Crippen LogP contribution in [0.1, 0.15) is 34.6 Å². The van der Waals surface area contributed by atoms with Crippen LogP contribution >= 0.6 is 0 Å². The molecule has 1 aliphatic rings. The van der Waals surface area contributed by atoms with E-state index in [0.29, 0.717) is 27.8 Å². The third-order valence-electron chi connectivity index (χ3n) is 5.92. The van der Waals surface area contributed by atoms with E-state index < -0.39 is 0 Å². The molecule has 7 nitrogen and oxygen atoms in total. The Bertz CT molecular complexity index is 1400. The predicted octanol–water partition coefficient (Wildman–Crippen LogP) is 4.64. The molecule has 0 saturated carbocycles. The zero-order chi connectivity index (χ0) is 22.9. The molecule has 0 aliphatic heterocycles. The zero-order valence-corrected chi connectivity index (χ0v) is 18.4. The van der Waals surface area contributed by atoms with Gasteiger partial charge in [-0.25, -0.2) is 4.68 Å². The second-order valence-corrected chi connectivity index (χ2v) is 7.76. The summed E-state index contributed by atoms with van der Waals surface area (Å²) >= 11 is 0. The molecule has 1 aromatic heterocycles. The minimum absolute atomic E-state index is 0.167. The number of nitrogens with zero attached hydrogens (tertiary/aromatic N) is 4. The fourth-order valence-electron chi connectivity index (χ4n) is 4.20. The fraction of sp³-hybridized carbons (Fsp3) is 0.154. The molecule has 164 valence electrons. The number of benzene rings is 3. The Hall–Kier alpha value is -4.26. The first kappa shape index (κ1) is 20.6. The van der Waals surface area contributed by atoms with Gasteiger partial charge in [0.05, 0.1) is 5.52 Å². The van der Waals surface area contributed by atoms with Crippen LogP contribution in [0.4, 0.5) is 11.4 Å². The van der Waals surface area contributed by atoms with E-state index in [0.717, 1.165) is 18.8 Å². The molecule has 0 saturated heterocycles. The van der Waals surface area contributed by atoms with Gasteiger partial charge in [0.25, 0.3) is 0 Å². The average molecular weight is 438 g/mol. The maximum atomic E-state index is 13.6. The van der Waals surface area contributed by atoms with Crippen LogP contribution in [-0.4, -0.2) is 39.6 Å². The molecular weight excluding hydrogens is 414 g/mol. The lowest BCUT2D eigenvalue weighted by Crippen LogP contribution is -2.28. The smallest absolute Gasteiger partial charge is 0.214 e. The van der Waals surface area contributed by atoms with Crippen molar-refractivity contribution in [2.75, 3.05) is 23.3 Å². The first-order valence-corrected chi connectivity index (χ1v) is 11.0. The monoisotopic (exact) mass is 437 g/mol. The lowest BCUT2D eigenvalue weighted by atomic mass is 9.90. The highest BCUT2D eigenvalue weighted by Crippen LogP contribution is 2.31. The highest BCUT2D eigenvalue weighted by atomic mass is 16.1. The topological polar surface area (TPSA) is 80.1 Å². The molecule has 0 bridgehead atoms. The molecule has 33 heavy (non-hydrogen) atoms. The van der Waals surface area contributed by atoms with Crippen molar-refractivity contribution < 1.29 is 9.59 Å². The summed E-state index contributed by atoms with van der Waals surface area (Å²) < 4.78 is 1.46. The molecule has 7 heteroatoms. The van der Waals surface area contributed by atoms with Crippen molar-refractivity contribution in [2.24, 2.45) is 0 Å². The molecule has 4 aromatic rings. The number of ketones is 2. The molecule has 5 rings (SSSR count). The summed E-state index contributed by atoms with van der Waals surface area (Å²) in [5.74, 6) is -0.532. The number of para-hydroxylation sites is 1. The quantitative estimate of drug-likeness (QED) is 0.473. The van der Waals surface area contributed by atoms with Gasteiger partial charge in [0.2, 0.25) is 11.6 Å². The number of rotatable bonds is 6. The van der Waals surface area contributed by atoms with Crippen molar-refractivity contribution >= 4 is 39.7 Å². The van der Waals surface area contributed by atoms with Gasteiger partial charge in [-0.05, 0) is 50.2 Å². The maximum absolute atomic E-state index is 13.6. The largest absolute Gasteiger partial charge is 0.372 e. The van der Waals surface area contributed by atoms with Gasteiger partial charge in [0, 0.05) is 35.6 Å². The molecule has 0 fully saturated rings. The normalized spacial score (nSPS) is 13.4. The van der Waals surface area contributed by atoms with Gasteiger partial charge in [-0.1, -0.05) is 41.6 Å². The van der Waals surface area contributed by atoms with E-state index in [2.05, 4.69) is 34.4 Å². The molecule has 0 amide bonds. The van der Waals surface area contributed by atoms with Crippen molar-refractivity contribution in [3.63, 3.8) is 0 Å². The molecular formula is C26H23N5O2. The Morgan fingerprint density at radius 1 is 0.818 bits per heavy atom. The van der Waals surface area contributed by atoms with Crippen LogP contribution in [0, 0.1) is 0 Å². The van der Waals surface area contributed by atoms with Crippen LogP contribution in [0.25, 0.3) is 16.7 Å². The third kappa shape index (κ3) is 3.47. The van der Waals surface area contributed by atoms with E-state index in [4.69, 9.17) is 0 Å². The minimum atomic E-state index is -0.275. The SMILES string of the molecule is CCN(CC)c1ccc(NC2=C(n3nnc4ccccc43)C(=O)c3ccccc3C2=O)cc1. The summed E-state index contributed by atoms with van der Waals surface area (Å²) in [6.07, 6.45) is 0. The van der Waals surface area contributed by atoms with Crippen molar-refractivity contribution in [1.29, 1.82) is 0 Å². The molecule has 0 unspecified atom stereocenters. The maximum Gasteiger partial charge on any atom is 0.214 e. The van der Waals surface area contributed by atoms with E-state index in [-0.39, 0.29) is 23.0 Å². The standard InChI is InChI=1S/C26H23N5O2/c1-3-30(4-2)18-15-13-17(14-16-18)27-23-24(31-22-12-8-7-11-21(22)28-29-31)26(33)20-10-6-5-9-19(20)25(23)32/h5-16,27H,3-4H2,1-2H3. The van der Waals surface area contributed by atoms with E-state index in [9.17, 15) is 9.59 Å². The van der Waals surface area contributed by atoms with Gasteiger partial charge < -0.3 is 10.2 Å². The number of hydrogen-bond acceptors (Lipinski definition) is 6. The lowest BCUT2D eigenvalue weighted by Gasteiger charge is -2.23. The summed E-state index contributed by atoms with van der Waals surface area (Å²) in [7, 11) is 0. The van der Waals surface area contributed by atoms with Crippen LogP contribution in [-0.2, 0) is 0 Å². The molecule has 0 radical (unpaired) electrons. The Morgan fingerprint density at radius 3 is 2.15 bits per heavy atom. The lowest BCUT2D eigenvalue weighted by molar-refractivity contribution is 0.0988. The molecule has 1 N–H and O–H groups in total. The number of anilines is 2. The van der Waals surface area contributed by atoms with E-state index in [1.54, 1.807) is 24.3 Å². The Morgan fingerprint density at radius 2 is 1.45 bits per heavy atom. The zero-order valence-electron chi connectivity index (χ0n) is 18.4. The second kappa shape index (κ2) is 8.35. The Labute approximate surface area is 191 Å². The summed E-state index contributed by atoms with van der Waals surface area (Å²) in [5.41, 5.74) is 4.20. The average Bonchev–Trinajstić information content (AvgIpc) is 3.28. The van der Waals surface area contributed by atoms with Crippen molar-refractivity contribution in [3.8, 4) is 0 Å². The van der Waals surface area contributed by atoms with E-state index in [1.807, 2.05) is 48.5 Å². The van der Waals surface area contributed by atoms with Crippen molar-refractivity contribution in [2.45, 2.75) is 13.8 Å². The minimum Gasteiger partial charge on any atom is -0.372 e. The number of carbonyl (C=O) groups is 2. The molecule has 1 heterocycles. The predicted molar refractivity (Wildman–Crippen MR) is 129 cm³/mol. The van der Waals surface area contributed by atoms with Gasteiger partial charge >= 0.3 is 0 Å². The fourth-order valence-corrected chi connectivity index (χ4v) is 4.20. The molecule has 3 aromatic carbocycles. The number of hydrogen-bond donors (Lipinski definition) is 1. The van der Waals surface area contributed by atoms with Crippen LogP contribution in [0.3, 0.4) is 0 Å². The summed E-state index contributed by atoms with van der Waals surface area (Å²) in [5, 5.41) is 11.6. The summed E-state index contributed by atoms with van der Waals surface area (Å²) in [6.45, 7) is 6.03. The Balaban J connectivity index is 1.64. The van der Waals surface area contributed by atoms with E-state index >= 15 is 0 Å². The number of aromatic nitrogens is 3. The van der Waals surface area contributed by atoms with Gasteiger partial charge in [-0.3, -0.25) is 9.59 Å². The first-order chi connectivity index (χ1) is 16.1. The first-order valence-electron chi connectivity index (χ1n) is 11.0. The third-order valence-corrected chi connectivity index (χ3v) is 5.92. The van der Waals surface area contributed by atoms with Crippen LogP contribution in [0.2, 0.25) is 0 Å².